The van der Waals surface area contributed by atoms with Gasteiger partial charge in [0.25, 0.3) is 11.8 Å². The van der Waals surface area contributed by atoms with Gasteiger partial charge in [-0.2, -0.15) is 0 Å². The number of hydrogen-bond donors (Lipinski definition) is 2. The SMILES string of the molecule is NC(=O)c1ccccc1OCc1cccc(C(=O)N2CCC(N)C2)c1. The quantitative estimate of drug-likeness (QED) is 0.863. The highest BCUT2D eigenvalue weighted by Gasteiger charge is 2.24. The Balaban J connectivity index is 1.70. The van der Waals surface area contributed by atoms with Crippen molar-refractivity contribution in [3.8, 4) is 5.75 Å². The van der Waals surface area contributed by atoms with Gasteiger partial charge in [-0.3, -0.25) is 9.59 Å². The van der Waals surface area contributed by atoms with Crippen LogP contribution in [0.25, 0.3) is 0 Å². The van der Waals surface area contributed by atoms with E-state index in [2.05, 4.69) is 0 Å². The molecule has 6 heteroatoms. The summed E-state index contributed by atoms with van der Waals surface area (Å²) in [5.41, 5.74) is 13.0. The minimum atomic E-state index is -0.537. The maximum atomic E-state index is 12.5. The van der Waals surface area contributed by atoms with E-state index in [0.29, 0.717) is 30.0 Å². The van der Waals surface area contributed by atoms with Gasteiger partial charge in [0.15, 0.2) is 0 Å². The summed E-state index contributed by atoms with van der Waals surface area (Å²) in [5.74, 6) is -0.130. The van der Waals surface area contributed by atoms with Gasteiger partial charge >= 0.3 is 0 Å². The van der Waals surface area contributed by atoms with Crippen LogP contribution in [-0.2, 0) is 6.61 Å². The molecule has 25 heavy (non-hydrogen) atoms. The molecule has 0 saturated carbocycles. The van der Waals surface area contributed by atoms with Gasteiger partial charge in [0, 0.05) is 24.7 Å². The first kappa shape index (κ1) is 17.0. The van der Waals surface area contributed by atoms with Crippen LogP contribution < -0.4 is 16.2 Å². The van der Waals surface area contributed by atoms with Crippen molar-refractivity contribution < 1.29 is 14.3 Å². The Morgan fingerprint density at radius 2 is 1.96 bits per heavy atom. The lowest BCUT2D eigenvalue weighted by Crippen LogP contribution is -2.31. The third kappa shape index (κ3) is 3.97. The summed E-state index contributed by atoms with van der Waals surface area (Å²) in [4.78, 5) is 25.7. The molecule has 0 aromatic heterocycles. The Kier molecular flexibility index (Phi) is 5.00. The topological polar surface area (TPSA) is 98.7 Å². The molecule has 1 aliphatic rings. The van der Waals surface area contributed by atoms with Crippen LogP contribution >= 0.6 is 0 Å². The third-order valence-corrected chi connectivity index (χ3v) is 4.23. The number of carbonyl (C=O) groups is 2. The molecule has 4 N–H and O–H groups in total. The molecule has 1 fully saturated rings. The third-order valence-electron chi connectivity index (χ3n) is 4.23. The fourth-order valence-corrected chi connectivity index (χ4v) is 2.91. The molecule has 1 unspecified atom stereocenters. The fraction of sp³-hybridized carbons (Fsp3) is 0.263. The van der Waals surface area contributed by atoms with Gasteiger partial charge in [0.05, 0.1) is 5.56 Å². The Hall–Kier alpha value is -2.86. The van der Waals surface area contributed by atoms with Gasteiger partial charge < -0.3 is 21.1 Å². The number of amides is 2. The van der Waals surface area contributed by atoms with Crippen molar-refractivity contribution in [1.82, 2.24) is 4.90 Å². The summed E-state index contributed by atoms with van der Waals surface area (Å²) >= 11 is 0. The monoisotopic (exact) mass is 339 g/mol. The second kappa shape index (κ2) is 7.36. The van der Waals surface area contributed by atoms with E-state index in [4.69, 9.17) is 16.2 Å². The van der Waals surface area contributed by atoms with E-state index >= 15 is 0 Å². The van der Waals surface area contributed by atoms with Crippen LogP contribution in [0, 0.1) is 0 Å². The molecule has 130 valence electrons. The van der Waals surface area contributed by atoms with Crippen molar-refractivity contribution in [1.29, 1.82) is 0 Å². The highest BCUT2D eigenvalue weighted by atomic mass is 16.5. The molecule has 0 bridgehead atoms. The molecule has 1 aliphatic heterocycles. The van der Waals surface area contributed by atoms with E-state index in [-0.39, 0.29) is 18.6 Å². The Labute approximate surface area is 146 Å². The van der Waals surface area contributed by atoms with Crippen molar-refractivity contribution >= 4 is 11.8 Å². The number of para-hydroxylation sites is 1. The maximum absolute atomic E-state index is 12.5. The highest BCUT2D eigenvalue weighted by molar-refractivity contribution is 5.95. The predicted molar refractivity (Wildman–Crippen MR) is 94.2 cm³/mol. The normalized spacial score (nSPS) is 16.7. The summed E-state index contributed by atoms with van der Waals surface area (Å²) < 4.78 is 5.72. The lowest BCUT2D eigenvalue weighted by Gasteiger charge is -2.16. The molecule has 1 atom stereocenters. The Bertz CT molecular complexity index is 791. The van der Waals surface area contributed by atoms with E-state index in [9.17, 15) is 9.59 Å². The average molecular weight is 339 g/mol. The lowest BCUT2D eigenvalue weighted by molar-refractivity contribution is 0.0790. The second-order valence-electron chi connectivity index (χ2n) is 6.15. The minimum Gasteiger partial charge on any atom is -0.488 e. The number of rotatable bonds is 5. The zero-order valence-corrected chi connectivity index (χ0v) is 13.9. The van der Waals surface area contributed by atoms with E-state index in [1.54, 1.807) is 41.3 Å². The molecular weight excluding hydrogens is 318 g/mol. The number of ether oxygens (including phenoxy) is 1. The van der Waals surface area contributed by atoms with Gasteiger partial charge in [-0.15, -0.1) is 0 Å². The number of benzene rings is 2. The van der Waals surface area contributed by atoms with Crippen molar-refractivity contribution in [2.24, 2.45) is 11.5 Å². The number of likely N-dealkylation sites (tertiary alicyclic amines) is 1. The van der Waals surface area contributed by atoms with Crippen molar-refractivity contribution in [3.63, 3.8) is 0 Å². The molecule has 1 heterocycles. The van der Waals surface area contributed by atoms with Crippen LogP contribution in [0.3, 0.4) is 0 Å². The van der Waals surface area contributed by atoms with E-state index in [1.807, 2.05) is 12.1 Å². The minimum absolute atomic E-state index is 0.0210. The largest absolute Gasteiger partial charge is 0.488 e. The molecule has 3 rings (SSSR count). The molecule has 0 spiro atoms. The summed E-state index contributed by atoms with van der Waals surface area (Å²) in [6, 6.07) is 14.2. The van der Waals surface area contributed by atoms with Crippen LogP contribution in [0.5, 0.6) is 5.75 Å². The van der Waals surface area contributed by atoms with Crippen molar-refractivity contribution in [3.05, 3.63) is 65.2 Å². The maximum Gasteiger partial charge on any atom is 0.253 e. The number of nitrogens with two attached hydrogens (primary N) is 2. The Morgan fingerprint density at radius 3 is 2.68 bits per heavy atom. The summed E-state index contributed by atoms with van der Waals surface area (Å²) in [6.45, 7) is 1.52. The van der Waals surface area contributed by atoms with Crippen LogP contribution in [0.1, 0.15) is 32.7 Å². The molecule has 0 radical (unpaired) electrons. The first-order valence-electron chi connectivity index (χ1n) is 8.20. The number of hydrogen-bond acceptors (Lipinski definition) is 4. The van der Waals surface area contributed by atoms with E-state index in [1.165, 1.54) is 0 Å². The van der Waals surface area contributed by atoms with Crippen LogP contribution in [0.4, 0.5) is 0 Å². The van der Waals surface area contributed by atoms with Gasteiger partial charge in [-0.05, 0) is 36.2 Å². The van der Waals surface area contributed by atoms with Crippen LogP contribution in [0.15, 0.2) is 48.5 Å². The van der Waals surface area contributed by atoms with Crippen LogP contribution in [0.2, 0.25) is 0 Å². The first-order chi connectivity index (χ1) is 12.0. The summed E-state index contributed by atoms with van der Waals surface area (Å²) in [5, 5.41) is 0. The predicted octanol–water partition coefficient (Wildman–Crippen LogP) is 1.54. The van der Waals surface area contributed by atoms with Gasteiger partial charge in [0.2, 0.25) is 0 Å². The summed E-state index contributed by atoms with van der Waals surface area (Å²) in [6.07, 6.45) is 0.832. The van der Waals surface area contributed by atoms with E-state index in [0.717, 1.165) is 12.0 Å². The first-order valence-corrected chi connectivity index (χ1v) is 8.20. The van der Waals surface area contributed by atoms with Gasteiger partial charge in [0.1, 0.15) is 12.4 Å². The molecule has 6 nitrogen and oxygen atoms in total. The molecular formula is C19H21N3O3. The second-order valence-corrected chi connectivity index (χ2v) is 6.15. The fourth-order valence-electron chi connectivity index (χ4n) is 2.91. The smallest absolute Gasteiger partial charge is 0.253 e. The lowest BCUT2D eigenvalue weighted by atomic mass is 10.1. The molecule has 0 aliphatic carbocycles. The Morgan fingerprint density at radius 1 is 1.16 bits per heavy atom. The highest BCUT2D eigenvalue weighted by Crippen LogP contribution is 2.20. The van der Waals surface area contributed by atoms with Crippen LogP contribution in [-0.4, -0.2) is 35.8 Å². The molecule has 2 amide bonds. The van der Waals surface area contributed by atoms with Gasteiger partial charge in [-0.1, -0.05) is 24.3 Å². The number of primary amides is 1. The molecule has 2 aromatic rings. The number of nitrogens with zero attached hydrogens (tertiary/aromatic N) is 1. The number of carbonyl (C=O) groups excluding carboxylic acids is 2. The zero-order valence-electron chi connectivity index (χ0n) is 13.9. The van der Waals surface area contributed by atoms with Crippen molar-refractivity contribution in [2.45, 2.75) is 19.1 Å². The summed E-state index contributed by atoms with van der Waals surface area (Å²) in [7, 11) is 0. The van der Waals surface area contributed by atoms with Crippen molar-refractivity contribution in [2.75, 3.05) is 13.1 Å². The van der Waals surface area contributed by atoms with Gasteiger partial charge in [-0.25, -0.2) is 0 Å². The standard InChI is InChI=1S/C19H21N3O3/c20-15-8-9-22(11-15)19(24)14-5-3-4-13(10-14)12-25-17-7-2-1-6-16(17)18(21)23/h1-7,10,15H,8-9,11-12,20H2,(H2,21,23). The average Bonchev–Trinajstić information content (AvgIpc) is 3.06. The molecule has 1 saturated heterocycles. The zero-order chi connectivity index (χ0) is 17.8. The van der Waals surface area contributed by atoms with E-state index < -0.39 is 5.91 Å². The molecule has 2 aromatic carbocycles.